The second-order valence-corrected chi connectivity index (χ2v) is 6.76. The van der Waals surface area contributed by atoms with Gasteiger partial charge in [0.15, 0.2) is 0 Å². The van der Waals surface area contributed by atoms with Gasteiger partial charge in [0, 0.05) is 17.5 Å². The molecule has 3 aromatic rings. The number of carbonyl (C=O) groups excluding carboxylic acids is 1. The molecule has 1 fully saturated rings. The van der Waals surface area contributed by atoms with Gasteiger partial charge in [0.1, 0.15) is 24.2 Å². The molecule has 4 rings (SSSR count). The van der Waals surface area contributed by atoms with E-state index in [1.165, 1.54) is 0 Å². The Balaban J connectivity index is 1.40. The van der Waals surface area contributed by atoms with Gasteiger partial charge >= 0.3 is 0 Å². The van der Waals surface area contributed by atoms with Crippen LogP contribution < -0.4 is 9.47 Å². The van der Waals surface area contributed by atoms with E-state index in [0.717, 1.165) is 22.3 Å². The molecular weight excluding hydrogens is 354 g/mol. The zero-order valence-corrected chi connectivity index (χ0v) is 15.8. The van der Waals surface area contributed by atoms with Crippen LogP contribution in [0.4, 0.5) is 0 Å². The van der Waals surface area contributed by atoms with Crippen LogP contribution in [0.15, 0.2) is 66.7 Å². The molecule has 1 saturated heterocycles. The van der Waals surface area contributed by atoms with Crippen LogP contribution in [0.25, 0.3) is 10.8 Å². The molecule has 0 saturated carbocycles. The molecular formula is C23H23NO4. The third kappa shape index (κ3) is 3.94. The van der Waals surface area contributed by atoms with Crippen molar-refractivity contribution in [2.45, 2.75) is 6.10 Å². The van der Waals surface area contributed by atoms with Crippen molar-refractivity contribution in [1.82, 2.24) is 4.90 Å². The minimum absolute atomic E-state index is 0.00103. The number of methoxy groups -OCH3 is 1. The van der Waals surface area contributed by atoms with Crippen LogP contribution in [-0.4, -0.2) is 50.3 Å². The molecule has 3 aromatic carbocycles. The first-order chi connectivity index (χ1) is 13.7. The van der Waals surface area contributed by atoms with Crippen molar-refractivity contribution in [3.05, 3.63) is 72.3 Å². The van der Waals surface area contributed by atoms with Crippen molar-refractivity contribution in [2.75, 3.05) is 33.4 Å². The van der Waals surface area contributed by atoms with Crippen LogP contribution in [-0.2, 0) is 4.74 Å². The van der Waals surface area contributed by atoms with Gasteiger partial charge in [-0.05, 0) is 35.7 Å². The third-order valence-electron chi connectivity index (χ3n) is 4.94. The highest BCUT2D eigenvalue weighted by Crippen LogP contribution is 2.25. The fraction of sp³-hybridized carbons (Fsp3) is 0.261. The highest BCUT2D eigenvalue weighted by Gasteiger charge is 2.25. The molecule has 1 aliphatic heterocycles. The lowest BCUT2D eigenvalue weighted by Crippen LogP contribution is -2.47. The van der Waals surface area contributed by atoms with E-state index in [9.17, 15) is 4.79 Å². The molecule has 1 aliphatic rings. The molecule has 0 bridgehead atoms. The molecule has 0 unspecified atom stereocenters. The maximum atomic E-state index is 12.8. The van der Waals surface area contributed by atoms with Crippen LogP contribution in [0.3, 0.4) is 0 Å². The minimum atomic E-state index is -0.157. The first kappa shape index (κ1) is 18.3. The van der Waals surface area contributed by atoms with Gasteiger partial charge in [-0.2, -0.15) is 0 Å². The number of ether oxygens (including phenoxy) is 3. The van der Waals surface area contributed by atoms with Crippen molar-refractivity contribution < 1.29 is 19.0 Å². The minimum Gasteiger partial charge on any atom is -0.497 e. The van der Waals surface area contributed by atoms with E-state index in [-0.39, 0.29) is 12.0 Å². The summed E-state index contributed by atoms with van der Waals surface area (Å²) in [5.74, 6) is 1.57. The van der Waals surface area contributed by atoms with Crippen LogP contribution in [0.1, 0.15) is 10.4 Å². The van der Waals surface area contributed by atoms with Gasteiger partial charge in [-0.25, -0.2) is 0 Å². The van der Waals surface area contributed by atoms with Crippen molar-refractivity contribution in [3.8, 4) is 11.5 Å². The van der Waals surface area contributed by atoms with Crippen molar-refractivity contribution in [1.29, 1.82) is 0 Å². The SMILES string of the molecule is COc1ccc(C(=O)N2CCO[C@@H](COc3cccc4ccccc34)C2)cc1. The number of amides is 1. The maximum Gasteiger partial charge on any atom is 0.254 e. The molecule has 5 heteroatoms. The molecule has 144 valence electrons. The number of hydrogen-bond acceptors (Lipinski definition) is 4. The predicted octanol–water partition coefficient (Wildman–Crippen LogP) is 3.77. The van der Waals surface area contributed by atoms with E-state index < -0.39 is 0 Å². The quantitative estimate of drug-likeness (QED) is 0.679. The Morgan fingerprint density at radius 1 is 1.07 bits per heavy atom. The summed E-state index contributed by atoms with van der Waals surface area (Å²) in [5, 5.41) is 2.22. The lowest BCUT2D eigenvalue weighted by molar-refractivity contribution is -0.0399. The first-order valence-corrected chi connectivity index (χ1v) is 9.40. The van der Waals surface area contributed by atoms with Crippen LogP contribution in [0.5, 0.6) is 11.5 Å². The summed E-state index contributed by atoms with van der Waals surface area (Å²) in [6, 6.07) is 21.3. The highest BCUT2D eigenvalue weighted by molar-refractivity contribution is 5.94. The van der Waals surface area contributed by atoms with Gasteiger partial charge in [0.05, 0.1) is 20.3 Å². The Bertz CT molecular complexity index is 949. The van der Waals surface area contributed by atoms with Crippen LogP contribution in [0, 0.1) is 0 Å². The Morgan fingerprint density at radius 2 is 1.86 bits per heavy atom. The van der Waals surface area contributed by atoms with E-state index in [2.05, 4.69) is 12.1 Å². The number of carbonyl (C=O) groups is 1. The average Bonchev–Trinajstić information content (AvgIpc) is 2.77. The Labute approximate surface area is 164 Å². The Kier molecular flexibility index (Phi) is 5.44. The molecule has 0 spiro atoms. The Hall–Kier alpha value is -3.05. The number of hydrogen-bond donors (Lipinski definition) is 0. The van der Waals surface area contributed by atoms with Crippen LogP contribution in [0.2, 0.25) is 0 Å². The molecule has 5 nitrogen and oxygen atoms in total. The normalized spacial score (nSPS) is 16.8. The number of rotatable bonds is 5. The summed E-state index contributed by atoms with van der Waals surface area (Å²) in [6.07, 6.45) is -0.157. The van der Waals surface area contributed by atoms with Gasteiger partial charge in [-0.1, -0.05) is 36.4 Å². The summed E-state index contributed by atoms with van der Waals surface area (Å²) in [6.45, 7) is 2.00. The molecule has 0 radical (unpaired) electrons. The van der Waals surface area contributed by atoms with Crippen molar-refractivity contribution in [2.24, 2.45) is 0 Å². The zero-order valence-electron chi connectivity index (χ0n) is 15.8. The van der Waals surface area contributed by atoms with E-state index in [0.29, 0.717) is 31.9 Å². The van der Waals surface area contributed by atoms with Crippen molar-refractivity contribution in [3.63, 3.8) is 0 Å². The smallest absolute Gasteiger partial charge is 0.254 e. The second-order valence-electron chi connectivity index (χ2n) is 6.76. The van der Waals surface area contributed by atoms with E-state index in [1.54, 1.807) is 31.4 Å². The Morgan fingerprint density at radius 3 is 2.68 bits per heavy atom. The molecule has 0 aromatic heterocycles. The third-order valence-corrected chi connectivity index (χ3v) is 4.94. The standard InChI is InChI=1S/C23H23NO4/c1-26-19-11-9-18(10-12-19)23(25)24-13-14-27-20(15-24)16-28-22-8-4-6-17-5-2-3-7-21(17)22/h2-12,20H,13-16H2,1H3/t20-/m1/s1. The van der Waals surface area contributed by atoms with Gasteiger partial charge in [-0.3, -0.25) is 4.79 Å². The lowest BCUT2D eigenvalue weighted by atomic mass is 10.1. The summed E-state index contributed by atoms with van der Waals surface area (Å²) in [7, 11) is 1.61. The van der Waals surface area contributed by atoms with E-state index >= 15 is 0 Å². The summed E-state index contributed by atoms with van der Waals surface area (Å²) >= 11 is 0. The summed E-state index contributed by atoms with van der Waals surface area (Å²) in [5.41, 5.74) is 0.649. The van der Waals surface area contributed by atoms with E-state index in [1.807, 2.05) is 35.2 Å². The number of nitrogens with zero attached hydrogens (tertiary/aromatic N) is 1. The van der Waals surface area contributed by atoms with Gasteiger partial charge in [-0.15, -0.1) is 0 Å². The largest absolute Gasteiger partial charge is 0.497 e. The molecule has 1 amide bonds. The maximum absolute atomic E-state index is 12.8. The number of morpholine rings is 1. The molecule has 0 aliphatic carbocycles. The summed E-state index contributed by atoms with van der Waals surface area (Å²) < 4.78 is 17.0. The van der Waals surface area contributed by atoms with Gasteiger partial charge in [0.25, 0.3) is 5.91 Å². The summed E-state index contributed by atoms with van der Waals surface area (Å²) in [4.78, 5) is 14.6. The predicted molar refractivity (Wildman–Crippen MR) is 108 cm³/mol. The monoisotopic (exact) mass is 377 g/mol. The molecule has 1 atom stereocenters. The number of benzene rings is 3. The van der Waals surface area contributed by atoms with Gasteiger partial charge < -0.3 is 19.1 Å². The fourth-order valence-electron chi connectivity index (χ4n) is 3.43. The lowest BCUT2D eigenvalue weighted by Gasteiger charge is -2.33. The zero-order chi connectivity index (χ0) is 19.3. The number of fused-ring (bicyclic) bond motifs is 1. The van der Waals surface area contributed by atoms with E-state index in [4.69, 9.17) is 14.2 Å². The van der Waals surface area contributed by atoms with Crippen molar-refractivity contribution >= 4 is 16.7 Å². The highest BCUT2D eigenvalue weighted by atomic mass is 16.5. The molecule has 1 heterocycles. The average molecular weight is 377 g/mol. The van der Waals surface area contributed by atoms with Gasteiger partial charge in [0.2, 0.25) is 0 Å². The topological polar surface area (TPSA) is 48.0 Å². The first-order valence-electron chi connectivity index (χ1n) is 9.40. The molecule has 0 N–H and O–H groups in total. The molecule has 28 heavy (non-hydrogen) atoms. The fourth-order valence-corrected chi connectivity index (χ4v) is 3.43. The van der Waals surface area contributed by atoms with Crippen LogP contribution >= 0.6 is 0 Å². The second kappa shape index (κ2) is 8.31.